The van der Waals surface area contributed by atoms with Gasteiger partial charge >= 0.3 is 5.97 Å². The van der Waals surface area contributed by atoms with E-state index in [2.05, 4.69) is 9.62 Å². The van der Waals surface area contributed by atoms with Gasteiger partial charge in [0.1, 0.15) is 0 Å². The molecule has 0 bridgehead atoms. The molecule has 116 valence electrons. The van der Waals surface area contributed by atoms with Crippen molar-refractivity contribution >= 4 is 21.7 Å². The molecule has 1 aromatic rings. The van der Waals surface area contributed by atoms with Crippen LogP contribution < -0.4 is 10.5 Å². The monoisotopic (exact) mass is 313 g/mol. The highest BCUT2D eigenvalue weighted by molar-refractivity contribution is 7.89. The summed E-state index contributed by atoms with van der Waals surface area (Å²) in [6.07, 6.45) is 1.96. The molecule has 1 unspecified atom stereocenters. The van der Waals surface area contributed by atoms with Crippen LogP contribution in [0.5, 0.6) is 0 Å². The average molecular weight is 313 g/mol. The summed E-state index contributed by atoms with van der Waals surface area (Å²) in [4.78, 5) is 13.0. The molecule has 0 amide bonds. The Kier molecular flexibility index (Phi) is 4.50. The molecule has 2 rings (SSSR count). The first-order valence-electron chi connectivity index (χ1n) is 6.64. The number of nitrogens with one attached hydrogen (secondary N) is 1. The van der Waals surface area contributed by atoms with Gasteiger partial charge in [0.05, 0.1) is 10.5 Å². The maximum Gasteiger partial charge on any atom is 0.337 e. The molecule has 1 aromatic carbocycles. The third-order valence-electron chi connectivity index (χ3n) is 3.70. The number of carbonyl (C=O) groups is 1. The third-order valence-corrected chi connectivity index (χ3v) is 5.19. The first-order chi connectivity index (χ1) is 9.81. The number of anilines is 1. The van der Waals surface area contributed by atoms with Gasteiger partial charge in [0.25, 0.3) is 0 Å². The summed E-state index contributed by atoms with van der Waals surface area (Å²) in [7, 11) is -1.93. The van der Waals surface area contributed by atoms with Crippen molar-refractivity contribution in [1.82, 2.24) is 9.62 Å². The van der Waals surface area contributed by atoms with Crippen molar-refractivity contribution in [3.63, 3.8) is 0 Å². The molecule has 0 aromatic heterocycles. The standard InChI is InChI=1S/C13H19N3O4S/c1-16-6-2-3-10(16)8-15-21(19,20)12-5-4-9(14)7-11(12)13(17)18/h4-5,7,10,15H,2-3,6,8,14H2,1H3,(H,17,18). The summed E-state index contributed by atoms with van der Waals surface area (Å²) < 4.78 is 27.1. The van der Waals surface area contributed by atoms with Crippen molar-refractivity contribution in [3.8, 4) is 0 Å². The number of likely N-dealkylation sites (tertiary alicyclic amines) is 1. The fourth-order valence-corrected chi connectivity index (χ4v) is 3.72. The maximum atomic E-state index is 12.3. The zero-order chi connectivity index (χ0) is 15.6. The molecule has 4 N–H and O–H groups in total. The van der Waals surface area contributed by atoms with Crippen LogP contribution in [0, 0.1) is 0 Å². The van der Waals surface area contributed by atoms with E-state index >= 15 is 0 Å². The molecule has 0 radical (unpaired) electrons. The number of sulfonamides is 1. The van der Waals surface area contributed by atoms with E-state index in [0.717, 1.165) is 25.5 Å². The molecule has 8 heteroatoms. The lowest BCUT2D eigenvalue weighted by molar-refractivity contribution is 0.0692. The van der Waals surface area contributed by atoms with E-state index in [1.54, 1.807) is 0 Å². The van der Waals surface area contributed by atoms with Crippen LogP contribution in [0.3, 0.4) is 0 Å². The van der Waals surface area contributed by atoms with Gasteiger partial charge in [-0.05, 0) is 44.6 Å². The van der Waals surface area contributed by atoms with E-state index < -0.39 is 16.0 Å². The Morgan fingerprint density at radius 2 is 2.24 bits per heavy atom. The van der Waals surface area contributed by atoms with Crippen molar-refractivity contribution in [1.29, 1.82) is 0 Å². The fourth-order valence-electron chi connectivity index (χ4n) is 2.47. The van der Waals surface area contributed by atoms with Crippen molar-refractivity contribution in [2.45, 2.75) is 23.8 Å². The van der Waals surface area contributed by atoms with Crippen LogP contribution in [0.15, 0.2) is 23.1 Å². The van der Waals surface area contributed by atoms with Gasteiger partial charge < -0.3 is 15.7 Å². The van der Waals surface area contributed by atoms with Crippen molar-refractivity contribution in [3.05, 3.63) is 23.8 Å². The van der Waals surface area contributed by atoms with Gasteiger partial charge in [0, 0.05) is 18.3 Å². The summed E-state index contributed by atoms with van der Waals surface area (Å²) in [5.74, 6) is -1.32. The summed E-state index contributed by atoms with van der Waals surface area (Å²) in [6.45, 7) is 1.21. The summed E-state index contributed by atoms with van der Waals surface area (Å²) in [6, 6.07) is 3.89. The Labute approximate surface area is 123 Å². The smallest absolute Gasteiger partial charge is 0.337 e. The Morgan fingerprint density at radius 3 is 2.81 bits per heavy atom. The summed E-state index contributed by atoms with van der Waals surface area (Å²) in [5.41, 5.74) is 5.41. The highest BCUT2D eigenvalue weighted by Crippen LogP contribution is 2.20. The van der Waals surface area contributed by atoms with Crippen molar-refractivity contribution in [2.75, 3.05) is 25.9 Å². The van der Waals surface area contributed by atoms with Gasteiger partial charge in [-0.2, -0.15) is 0 Å². The molecule has 1 atom stereocenters. The molecule has 7 nitrogen and oxygen atoms in total. The molecular formula is C13H19N3O4S. The van der Waals surface area contributed by atoms with Gasteiger partial charge in [0.2, 0.25) is 10.0 Å². The van der Waals surface area contributed by atoms with E-state index in [1.807, 2.05) is 7.05 Å². The zero-order valence-corrected chi connectivity index (χ0v) is 12.6. The van der Waals surface area contributed by atoms with E-state index in [9.17, 15) is 13.2 Å². The number of nitrogen functional groups attached to an aromatic ring is 1. The van der Waals surface area contributed by atoms with Gasteiger partial charge in [-0.25, -0.2) is 17.9 Å². The minimum Gasteiger partial charge on any atom is -0.478 e. The second-order valence-electron chi connectivity index (χ2n) is 5.19. The number of likely N-dealkylation sites (N-methyl/N-ethyl adjacent to an activating group) is 1. The molecule has 0 spiro atoms. The first-order valence-corrected chi connectivity index (χ1v) is 8.12. The predicted molar refractivity (Wildman–Crippen MR) is 78.7 cm³/mol. The number of aromatic carboxylic acids is 1. The van der Waals surface area contributed by atoms with Gasteiger partial charge in [-0.3, -0.25) is 0 Å². The number of carboxylic acid groups (broad SMARTS) is 1. The van der Waals surface area contributed by atoms with Gasteiger partial charge in [-0.1, -0.05) is 0 Å². The lowest BCUT2D eigenvalue weighted by atomic mass is 10.2. The van der Waals surface area contributed by atoms with E-state index in [-0.39, 0.29) is 28.7 Å². The summed E-state index contributed by atoms with van der Waals surface area (Å²) >= 11 is 0. The van der Waals surface area contributed by atoms with E-state index in [4.69, 9.17) is 10.8 Å². The molecule has 1 aliphatic rings. The van der Waals surface area contributed by atoms with Crippen LogP contribution in [0.4, 0.5) is 5.69 Å². The molecule has 0 saturated carbocycles. The zero-order valence-electron chi connectivity index (χ0n) is 11.7. The van der Waals surface area contributed by atoms with Crippen LogP contribution in [0.2, 0.25) is 0 Å². The largest absolute Gasteiger partial charge is 0.478 e. The molecule has 0 aliphatic carbocycles. The van der Waals surface area contributed by atoms with Gasteiger partial charge in [0.15, 0.2) is 0 Å². The Hall–Kier alpha value is -1.64. The van der Waals surface area contributed by atoms with Crippen molar-refractivity contribution < 1.29 is 18.3 Å². The quantitative estimate of drug-likeness (QED) is 0.676. The van der Waals surface area contributed by atoms with Crippen LogP contribution in [0.1, 0.15) is 23.2 Å². The van der Waals surface area contributed by atoms with Crippen molar-refractivity contribution in [2.24, 2.45) is 0 Å². The number of benzene rings is 1. The Balaban J connectivity index is 2.21. The van der Waals surface area contributed by atoms with Crippen LogP contribution in [0.25, 0.3) is 0 Å². The first kappa shape index (κ1) is 15.7. The number of nitrogens with two attached hydrogens (primary N) is 1. The normalized spacial score (nSPS) is 19.8. The minimum absolute atomic E-state index is 0.141. The predicted octanol–water partition coefficient (Wildman–Crippen LogP) is 0.340. The number of hydrogen-bond donors (Lipinski definition) is 3. The van der Waals surface area contributed by atoms with Crippen LogP contribution in [-0.2, 0) is 10.0 Å². The highest BCUT2D eigenvalue weighted by atomic mass is 32.2. The highest BCUT2D eigenvalue weighted by Gasteiger charge is 2.26. The average Bonchev–Trinajstić information content (AvgIpc) is 2.81. The Bertz CT molecular complexity index is 645. The Morgan fingerprint density at radius 1 is 1.52 bits per heavy atom. The second-order valence-corrected chi connectivity index (χ2v) is 6.92. The minimum atomic E-state index is -3.88. The molecule has 21 heavy (non-hydrogen) atoms. The third kappa shape index (κ3) is 3.52. The molecule has 1 heterocycles. The van der Waals surface area contributed by atoms with E-state index in [0.29, 0.717) is 0 Å². The lowest BCUT2D eigenvalue weighted by Gasteiger charge is -2.20. The van der Waals surface area contributed by atoms with Crippen LogP contribution in [-0.4, -0.2) is 50.6 Å². The van der Waals surface area contributed by atoms with Gasteiger partial charge in [-0.15, -0.1) is 0 Å². The number of rotatable bonds is 5. The molecule has 1 aliphatic heterocycles. The fraction of sp³-hybridized carbons (Fsp3) is 0.462. The second kappa shape index (κ2) is 6.00. The number of carboxylic acids is 1. The SMILES string of the molecule is CN1CCCC1CNS(=O)(=O)c1ccc(N)cc1C(=O)O. The number of hydrogen-bond acceptors (Lipinski definition) is 5. The maximum absolute atomic E-state index is 12.3. The topological polar surface area (TPSA) is 113 Å². The molecular weight excluding hydrogens is 294 g/mol. The number of nitrogens with zero attached hydrogens (tertiary/aromatic N) is 1. The molecule has 1 saturated heterocycles. The lowest BCUT2D eigenvalue weighted by Crippen LogP contribution is -2.38. The van der Waals surface area contributed by atoms with Crippen LogP contribution >= 0.6 is 0 Å². The van der Waals surface area contributed by atoms with E-state index in [1.165, 1.54) is 12.1 Å². The summed E-state index contributed by atoms with van der Waals surface area (Å²) in [5, 5.41) is 9.12. The molecule has 1 fully saturated rings.